The lowest BCUT2D eigenvalue weighted by Gasteiger charge is -2.26. The van der Waals surface area contributed by atoms with E-state index in [1.807, 2.05) is 19.2 Å². The van der Waals surface area contributed by atoms with Crippen LogP contribution >= 0.6 is 0 Å². The first-order chi connectivity index (χ1) is 15.7. The molecule has 1 aliphatic carbocycles. The third kappa shape index (κ3) is 3.96. The molecule has 0 radical (unpaired) electrons. The SMILES string of the molecule is CN(c1ncnc2c1ncn2[C@@H]1O[C@H](COS(N)(=O)=O)[C@@H](O)[C@H]1O)C1CCc2ccccc21. The predicted octanol–water partition coefficient (Wildman–Crippen LogP) is -0.211. The van der Waals surface area contributed by atoms with E-state index in [4.69, 9.17) is 9.88 Å². The lowest BCUT2D eigenvalue weighted by molar-refractivity contribution is -0.0467. The molecule has 0 amide bonds. The van der Waals surface area contributed by atoms with Crippen molar-refractivity contribution in [2.45, 2.75) is 43.4 Å². The van der Waals surface area contributed by atoms with Crippen molar-refractivity contribution in [1.29, 1.82) is 0 Å². The van der Waals surface area contributed by atoms with Crippen LogP contribution in [0.5, 0.6) is 0 Å². The lowest BCUT2D eigenvalue weighted by atomic mass is 10.1. The van der Waals surface area contributed by atoms with Gasteiger partial charge in [0.15, 0.2) is 23.2 Å². The molecule has 12 nitrogen and oxygen atoms in total. The molecular weight excluding hydrogens is 452 g/mol. The highest BCUT2D eigenvalue weighted by molar-refractivity contribution is 7.84. The molecule has 0 saturated carbocycles. The van der Waals surface area contributed by atoms with Gasteiger partial charge in [-0.05, 0) is 24.0 Å². The van der Waals surface area contributed by atoms with E-state index in [0.717, 1.165) is 12.8 Å². The second kappa shape index (κ2) is 8.27. The molecule has 4 N–H and O–H groups in total. The van der Waals surface area contributed by atoms with Crippen molar-refractivity contribution in [2.24, 2.45) is 5.14 Å². The van der Waals surface area contributed by atoms with Gasteiger partial charge >= 0.3 is 10.3 Å². The number of aliphatic hydroxyl groups is 2. The van der Waals surface area contributed by atoms with Gasteiger partial charge in [0.1, 0.15) is 24.6 Å². The van der Waals surface area contributed by atoms with Crippen molar-refractivity contribution in [3.63, 3.8) is 0 Å². The average molecular weight is 477 g/mol. The fourth-order valence-electron chi connectivity index (χ4n) is 4.63. The van der Waals surface area contributed by atoms with Crippen LogP contribution < -0.4 is 10.0 Å². The minimum Gasteiger partial charge on any atom is -0.387 e. The van der Waals surface area contributed by atoms with Crippen LogP contribution in [-0.2, 0) is 25.6 Å². The summed E-state index contributed by atoms with van der Waals surface area (Å²) < 4.78 is 33.8. The maximum atomic E-state index is 11.1. The second-order valence-corrected chi connectivity index (χ2v) is 9.43. The third-order valence-corrected chi connectivity index (χ3v) is 6.71. The summed E-state index contributed by atoms with van der Waals surface area (Å²) in [4.78, 5) is 15.3. The molecule has 176 valence electrons. The monoisotopic (exact) mass is 476 g/mol. The summed E-state index contributed by atoms with van der Waals surface area (Å²) in [6, 6.07) is 8.45. The number of aromatic nitrogens is 4. The molecule has 1 saturated heterocycles. The van der Waals surface area contributed by atoms with Crippen LogP contribution in [0, 0.1) is 0 Å². The van der Waals surface area contributed by atoms with E-state index >= 15 is 0 Å². The third-order valence-electron chi connectivity index (χ3n) is 6.25. The quantitative estimate of drug-likeness (QED) is 0.433. The van der Waals surface area contributed by atoms with Gasteiger partial charge in [-0.3, -0.25) is 8.75 Å². The normalized spacial score (nSPS) is 27.2. The number of aliphatic hydroxyl groups excluding tert-OH is 2. The van der Waals surface area contributed by atoms with Crippen molar-refractivity contribution in [1.82, 2.24) is 19.5 Å². The van der Waals surface area contributed by atoms with Crippen LogP contribution in [0.3, 0.4) is 0 Å². The molecule has 33 heavy (non-hydrogen) atoms. The Hall–Kier alpha value is -2.68. The fourth-order valence-corrected chi connectivity index (χ4v) is 4.95. The Morgan fingerprint density at radius 1 is 1.24 bits per heavy atom. The number of benzene rings is 1. The molecule has 0 bridgehead atoms. The smallest absolute Gasteiger partial charge is 0.333 e. The number of ether oxygens (including phenoxy) is 1. The zero-order valence-electron chi connectivity index (χ0n) is 17.7. The van der Waals surface area contributed by atoms with Crippen LogP contribution in [-0.4, -0.2) is 70.1 Å². The number of imidazole rings is 1. The van der Waals surface area contributed by atoms with Gasteiger partial charge in [-0.1, -0.05) is 24.3 Å². The summed E-state index contributed by atoms with van der Waals surface area (Å²) >= 11 is 0. The summed E-state index contributed by atoms with van der Waals surface area (Å²) in [6.45, 7) is -0.537. The predicted molar refractivity (Wildman–Crippen MR) is 116 cm³/mol. The summed E-state index contributed by atoms with van der Waals surface area (Å²) in [5.41, 5.74) is 3.48. The molecule has 5 atom stereocenters. The Labute approximate surface area is 189 Å². The van der Waals surface area contributed by atoms with Gasteiger partial charge in [0.05, 0.1) is 19.0 Å². The molecule has 1 unspecified atom stereocenters. The van der Waals surface area contributed by atoms with Crippen molar-refractivity contribution >= 4 is 27.3 Å². The average Bonchev–Trinajstić information content (AvgIpc) is 3.48. The van der Waals surface area contributed by atoms with Gasteiger partial charge in [-0.25, -0.2) is 20.1 Å². The molecule has 0 spiro atoms. The van der Waals surface area contributed by atoms with E-state index in [1.54, 1.807) is 0 Å². The molecule has 13 heteroatoms. The summed E-state index contributed by atoms with van der Waals surface area (Å²) in [7, 11) is -2.26. The van der Waals surface area contributed by atoms with Crippen molar-refractivity contribution < 1.29 is 27.6 Å². The van der Waals surface area contributed by atoms with Crippen LogP contribution in [0.15, 0.2) is 36.9 Å². The number of anilines is 1. The topological polar surface area (TPSA) is 166 Å². The van der Waals surface area contributed by atoms with Crippen molar-refractivity contribution in [3.05, 3.63) is 48.0 Å². The van der Waals surface area contributed by atoms with Crippen LogP contribution in [0.4, 0.5) is 5.82 Å². The highest BCUT2D eigenvalue weighted by Gasteiger charge is 2.45. The molecule has 2 aromatic heterocycles. The molecular formula is C20H24N6O6S. The highest BCUT2D eigenvalue weighted by Crippen LogP contribution is 2.39. The molecule has 3 aromatic rings. The van der Waals surface area contributed by atoms with E-state index in [-0.39, 0.29) is 6.04 Å². The van der Waals surface area contributed by atoms with Crippen molar-refractivity contribution in [2.75, 3.05) is 18.6 Å². The van der Waals surface area contributed by atoms with Crippen molar-refractivity contribution in [3.8, 4) is 0 Å². The first kappa shape index (κ1) is 22.1. The Balaban J connectivity index is 1.44. The van der Waals surface area contributed by atoms with E-state index in [0.29, 0.717) is 17.0 Å². The van der Waals surface area contributed by atoms with Crippen LogP contribution in [0.2, 0.25) is 0 Å². The first-order valence-electron chi connectivity index (χ1n) is 10.4. The summed E-state index contributed by atoms with van der Waals surface area (Å²) in [5, 5.41) is 25.7. The van der Waals surface area contributed by atoms with E-state index < -0.39 is 41.5 Å². The number of fused-ring (bicyclic) bond motifs is 2. The summed E-state index contributed by atoms with van der Waals surface area (Å²) in [6.07, 6.45) is -0.142. The Morgan fingerprint density at radius 2 is 2.03 bits per heavy atom. The largest absolute Gasteiger partial charge is 0.387 e. The molecule has 1 aliphatic heterocycles. The molecule has 3 heterocycles. The van der Waals surface area contributed by atoms with E-state index in [9.17, 15) is 18.6 Å². The van der Waals surface area contributed by atoms with Gasteiger partial charge in [-0.15, -0.1) is 0 Å². The second-order valence-electron chi connectivity index (χ2n) is 8.21. The molecule has 5 rings (SSSR count). The van der Waals surface area contributed by atoms with Gasteiger partial charge in [-0.2, -0.15) is 8.42 Å². The minimum absolute atomic E-state index is 0.138. The van der Waals surface area contributed by atoms with Gasteiger partial charge in [0.2, 0.25) is 0 Å². The maximum Gasteiger partial charge on any atom is 0.333 e. The first-order valence-corrected chi connectivity index (χ1v) is 11.9. The van der Waals surface area contributed by atoms with Gasteiger partial charge in [0.25, 0.3) is 0 Å². The van der Waals surface area contributed by atoms with E-state index in [2.05, 4.69) is 36.2 Å². The minimum atomic E-state index is -4.22. The number of hydrogen-bond donors (Lipinski definition) is 3. The number of aryl methyl sites for hydroxylation is 1. The van der Waals surface area contributed by atoms with E-state index in [1.165, 1.54) is 28.3 Å². The zero-order chi connectivity index (χ0) is 23.3. The lowest BCUT2D eigenvalue weighted by Crippen LogP contribution is -2.35. The molecule has 1 aromatic carbocycles. The number of rotatable bonds is 6. The number of nitrogens with zero attached hydrogens (tertiary/aromatic N) is 5. The molecule has 2 aliphatic rings. The Bertz CT molecular complexity index is 1280. The Morgan fingerprint density at radius 3 is 2.82 bits per heavy atom. The van der Waals surface area contributed by atoms with Gasteiger partial charge < -0.3 is 19.8 Å². The highest BCUT2D eigenvalue weighted by atomic mass is 32.2. The summed E-state index contributed by atoms with van der Waals surface area (Å²) in [5.74, 6) is 0.627. The van der Waals surface area contributed by atoms with Crippen LogP contribution in [0.1, 0.15) is 29.8 Å². The number of nitrogens with two attached hydrogens (primary N) is 1. The number of hydrogen-bond acceptors (Lipinski definition) is 10. The van der Waals surface area contributed by atoms with Gasteiger partial charge in [0, 0.05) is 7.05 Å². The van der Waals surface area contributed by atoms with Crippen LogP contribution in [0.25, 0.3) is 11.2 Å². The zero-order valence-corrected chi connectivity index (χ0v) is 18.5. The molecule has 1 fully saturated rings. The fraction of sp³-hybridized carbons (Fsp3) is 0.450. The Kier molecular flexibility index (Phi) is 5.55. The standard InChI is InChI=1S/C20H24N6O6S/c1-25(13-7-6-11-4-2-3-5-12(11)13)18-15-19(23-9-22-18)26(10-24-15)20-17(28)16(27)14(32-20)8-31-33(21,29)30/h2-5,9-10,13-14,16-17,20,27-28H,6-8H2,1H3,(H2,21,29,30)/t13?,14-,16-,17-,20-/m1/s1. The maximum absolute atomic E-state index is 11.1.